The van der Waals surface area contributed by atoms with Gasteiger partial charge in [-0.05, 0) is 39.0 Å². The lowest BCUT2D eigenvalue weighted by Crippen LogP contribution is -2.57. The van der Waals surface area contributed by atoms with Crippen molar-refractivity contribution in [2.75, 3.05) is 12.9 Å². The van der Waals surface area contributed by atoms with Gasteiger partial charge in [0.25, 0.3) is 0 Å². The van der Waals surface area contributed by atoms with Crippen molar-refractivity contribution in [2.24, 2.45) is 5.92 Å². The first-order chi connectivity index (χ1) is 10.1. The van der Waals surface area contributed by atoms with Crippen LogP contribution in [0.15, 0.2) is 17.6 Å². The van der Waals surface area contributed by atoms with E-state index in [0.717, 1.165) is 36.6 Å². The molecule has 1 heterocycles. The first-order valence-corrected chi connectivity index (χ1v) is 8.55. The summed E-state index contributed by atoms with van der Waals surface area (Å²) in [6, 6.07) is 0.266. The number of ether oxygens (including phenoxy) is 1. The lowest BCUT2D eigenvalue weighted by Gasteiger charge is -2.35. The molecule has 0 amide bonds. The van der Waals surface area contributed by atoms with Gasteiger partial charge >= 0.3 is 5.97 Å². The minimum atomic E-state index is -0.507. The van der Waals surface area contributed by atoms with Crippen LogP contribution < -0.4 is 5.32 Å². The topological polar surface area (TPSA) is 67.0 Å². The lowest BCUT2D eigenvalue weighted by atomic mass is 9.84. The van der Waals surface area contributed by atoms with E-state index in [9.17, 15) is 4.79 Å². The van der Waals surface area contributed by atoms with Gasteiger partial charge in [-0.1, -0.05) is 18.2 Å². The van der Waals surface area contributed by atoms with E-state index in [1.165, 1.54) is 7.11 Å². The molecule has 1 aromatic heterocycles. The minimum absolute atomic E-state index is 0.110. The molecule has 2 N–H and O–H groups in total. The highest BCUT2D eigenvalue weighted by Crippen LogP contribution is 2.40. The molecule has 5 nitrogen and oxygen atoms in total. The highest BCUT2D eigenvalue weighted by atomic mass is 32.2. The van der Waals surface area contributed by atoms with Crippen LogP contribution in [-0.2, 0) is 9.53 Å². The largest absolute Gasteiger partial charge is 0.468 e. The third kappa shape index (κ3) is 3.80. The quantitative estimate of drug-likeness (QED) is 0.598. The molecule has 0 spiro atoms. The molecule has 2 atom stereocenters. The fourth-order valence-electron chi connectivity index (χ4n) is 3.31. The molecule has 2 unspecified atom stereocenters. The second-order valence-corrected chi connectivity index (χ2v) is 6.97. The summed E-state index contributed by atoms with van der Waals surface area (Å²) in [6.45, 7) is 4.16. The number of H-pyrrole nitrogens is 1. The molecular formula is C15H25N3O2S. The van der Waals surface area contributed by atoms with Crippen LogP contribution in [0.4, 0.5) is 0 Å². The number of methoxy groups -OCH3 is 1. The fourth-order valence-corrected chi connectivity index (χ4v) is 4.19. The van der Waals surface area contributed by atoms with Crippen LogP contribution in [-0.4, -0.2) is 40.4 Å². The van der Waals surface area contributed by atoms with E-state index in [0.29, 0.717) is 5.92 Å². The van der Waals surface area contributed by atoms with E-state index in [-0.39, 0.29) is 12.0 Å². The van der Waals surface area contributed by atoms with Gasteiger partial charge in [0.2, 0.25) is 0 Å². The van der Waals surface area contributed by atoms with E-state index >= 15 is 0 Å². The van der Waals surface area contributed by atoms with E-state index < -0.39 is 5.54 Å². The Labute approximate surface area is 130 Å². The molecule has 1 aliphatic carbocycles. The summed E-state index contributed by atoms with van der Waals surface area (Å²) in [7, 11) is 1.49. The number of aromatic amines is 1. The Morgan fingerprint density at radius 1 is 1.67 bits per heavy atom. The van der Waals surface area contributed by atoms with Gasteiger partial charge in [0.1, 0.15) is 5.54 Å². The van der Waals surface area contributed by atoms with Gasteiger partial charge in [-0.25, -0.2) is 4.98 Å². The highest BCUT2D eigenvalue weighted by molar-refractivity contribution is 7.99. The van der Waals surface area contributed by atoms with Crippen LogP contribution in [0.1, 0.15) is 39.5 Å². The van der Waals surface area contributed by atoms with Gasteiger partial charge in [-0.2, -0.15) is 0 Å². The number of rotatable bonds is 7. The second-order valence-electron chi connectivity index (χ2n) is 5.88. The van der Waals surface area contributed by atoms with E-state index in [2.05, 4.69) is 29.1 Å². The standard InChI is InChI=1S/C15H25N3O2S/c1-11(2)18-15(13(19)20-3)7-4-5-12(15)6-10-21-14-16-8-9-17-14/h8-9,11-12,18H,4-7,10H2,1-3H3,(H,16,17). The predicted octanol–water partition coefficient (Wildman–Crippen LogP) is 2.60. The van der Waals surface area contributed by atoms with Crippen molar-refractivity contribution in [3.8, 4) is 0 Å². The Morgan fingerprint density at radius 3 is 3.10 bits per heavy atom. The van der Waals surface area contributed by atoms with Crippen LogP contribution in [0.3, 0.4) is 0 Å². The third-order valence-corrected chi connectivity index (χ3v) is 5.03. The number of aromatic nitrogens is 2. The normalized spacial score (nSPS) is 25.4. The first-order valence-electron chi connectivity index (χ1n) is 7.57. The Bertz CT molecular complexity index is 450. The minimum Gasteiger partial charge on any atom is -0.468 e. The highest BCUT2D eigenvalue weighted by Gasteiger charge is 2.49. The van der Waals surface area contributed by atoms with Crippen LogP contribution in [0.25, 0.3) is 0 Å². The average molecular weight is 311 g/mol. The SMILES string of the molecule is COC(=O)C1(NC(C)C)CCCC1CCSc1ncc[nH]1. The van der Waals surface area contributed by atoms with Crippen LogP contribution in [0.5, 0.6) is 0 Å². The molecule has 118 valence electrons. The molecule has 1 aromatic rings. The van der Waals surface area contributed by atoms with E-state index in [4.69, 9.17) is 4.74 Å². The van der Waals surface area contributed by atoms with Crippen molar-refractivity contribution >= 4 is 17.7 Å². The Hall–Kier alpha value is -1.01. The maximum atomic E-state index is 12.4. The molecule has 0 saturated heterocycles. The van der Waals surface area contributed by atoms with Crippen molar-refractivity contribution in [2.45, 2.75) is 56.3 Å². The van der Waals surface area contributed by atoms with Gasteiger partial charge in [-0.15, -0.1) is 0 Å². The van der Waals surface area contributed by atoms with Crippen molar-refractivity contribution in [3.05, 3.63) is 12.4 Å². The molecule has 0 aliphatic heterocycles. The molecule has 1 fully saturated rings. The Morgan fingerprint density at radius 2 is 2.48 bits per heavy atom. The Kier molecular flexibility index (Phi) is 5.70. The number of thioether (sulfide) groups is 1. The van der Waals surface area contributed by atoms with Gasteiger partial charge in [-0.3, -0.25) is 10.1 Å². The Balaban J connectivity index is 1.99. The monoisotopic (exact) mass is 311 g/mol. The molecule has 21 heavy (non-hydrogen) atoms. The molecule has 0 aromatic carbocycles. The number of esters is 1. The second kappa shape index (κ2) is 7.31. The third-order valence-electron chi connectivity index (χ3n) is 4.09. The number of imidazole rings is 1. The molecule has 0 radical (unpaired) electrons. The van der Waals surface area contributed by atoms with Crippen LogP contribution in [0.2, 0.25) is 0 Å². The van der Waals surface area contributed by atoms with Crippen LogP contribution in [0, 0.1) is 5.92 Å². The number of nitrogens with zero attached hydrogens (tertiary/aromatic N) is 1. The van der Waals surface area contributed by atoms with E-state index in [1.807, 2.05) is 6.20 Å². The van der Waals surface area contributed by atoms with Crippen molar-refractivity contribution in [1.29, 1.82) is 0 Å². The number of carbonyl (C=O) groups is 1. The number of nitrogens with one attached hydrogen (secondary N) is 2. The number of hydrogen-bond donors (Lipinski definition) is 2. The number of hydrogen-bond acceptors (Lipinski definition) is 5. The summed E-state index contributed by atoms with van der Waals surface area (Å²) in [5.41, 5.74) is -0.507. The summed E-state index contributed by atoms with van der Waals surface area (Å²) in [5.74, 6) is 1.17. The zero-order valence-corrected chi connectivity index (χ0v) is 13.8. The number of carbonyl (C=O) groups excluding carboxylic acids is 1. The molecule has 2 rings (SSSR count). The first kappa shape index (κ1) is 16.4. The van der Waals surface area contributed by atoms with Gasteiger partial charge in [0.15, 0.2) is 5.16 Å². The van der Waals surface area contributed by atoms with Crippen LogP contribution >= 0.6 is 11.8 Å². The lowest BCUT2D eigenvalue weighted by molar-refractivity contribution is -0.150. The van der Waals surface area contributed by atoms with Crippen molar-refractivity contribution in [1.82, 2.24) is 15.3 Å². The molecule has 6 heteroatoms. The smallest absolute Gasteiger partial charge is 0.326 e. The average Bonchev–Trinajstić information content (AvgIpc) is 3.08. The molecule has 0 bridgehead atoms. The summed E-state index contributed by atoms with van der Waals surface area (Å²) >= 11 is 1.71. The molecule has 1 saturated carbocycles. The summed E-state index contributed by atoms with van der Waals surface area (Å²) in [4.78, 5) is 19.7. The van der Waals surface area contributed by atoms with Gasteiger partial charge < -0.3 is 9.72 Å². The predicted molar refractivity (Wildman–Crippen MR) is 84.3 cm³/mol. The summed E-state index contributed by atoms with van der Waals surface area (Å²) < 4.78 is 5.09. The fraction of sp³-hybridized carbons (Fsp3) is 0.733. The zero-order chi connectivity index (χ0) is 15.3. The van der Waals surface area contributed by atoms with Crippen molar-refractivity contribution in [3.63, 3.8) is 0 Å². The van der Waals surface area contributed by atoms with Gasteiger partial charge in [0, 0.05) is 24.2 Å². The van der Waals surface area contributed by atoms with E-state index in [1.54, 1.807) is 18.0 Å². The van der Waals surface area contributed by atoms with Crippen molar-refractivity contribution < 1.29 is 9.53 Å². The molecular weight excluding hydrogens is 286 g/mol. The zero-order valence-electron chi connectivity index (χ0n) is 13.0. The van der Waals surface area contributed by atoms with Gasteiger partial charge in [0.05, 0.1) is 7.11 Å². The summed E-state index contributed by atoms with van der Waals surface area (Å²) in [6.07, 6.45) is 7.60. The maximum absolute atomic E-state index is 12.4. The molecule has 1 aliphatic rings. The summed E-state index contributed by atoms with van der Waals surface area (Å²) in [5, 5.41) is 4.43. The maximum Gasteiger partial charge on any atom is 0.326 e.